The van der Waals surface area contributed by atoms with E-state index in [9.17, 15) is 0 Å². The Labute approximate surface area is 136 Å². The minimum atomic E-state index is 0.345. The summed E-state index contributed by atoms with van der Waals surface area (Å²) in [5, 5.41) is 3.61. The quantitative estimate of drug-likeness (QED) is 0.757. The van der Waals surface area contributed by atoms with E-state index in [1.54, 1.807) is 0 Å². The molecule has 2 heteroatoms. The highest BCUT2D eigenvalue weighted by atomic mass is 79.9. The van der Waals surface area contributed by atoms with Crippen LogP contribution in [0.1, 0.15) is 42.1 Å². The van der Waals surface area contributed by atoms with Crippen LogP contribution in [0.4, 0.5) is 0 Å². The second-order valence-electron chi connectivity index (χ2n) is 5.51. The predicted molar refractivity (Wildman–Crippen MR) is 94.8 cm³/mol. The molecule has 0 saturated heterocycles. The van der Waals surface area contributed by atoms with Gasteiger partial charge in [0.25, 0.3) is 0 Å². The fourth-order valence-corrected chi connectivity index (χ4v) is 3.37. The van der Waals surface area contributed by atoms with E-state index < -0.39 is 0 Å². The Kier molecular flexibility index (Phi) is 6.01. The van der Waals surface area contributed by atoms with Gasteiger partial charge in [0.15, 0.2) is 0 Å². The number of nitrogens with one attached hydrogen (secondary N) is 1. The van der Waals surface area contributed by atoms with Crippen LogP contribution in [0.25, 0.3) is 0 Å². The van der Waals surface area contributed by atoms with Gasteiger partial charge >= 0.3 is 0 Å². The third-order valence-corrected chi connectivity index (χ3v) is 4.54. The topological polar surface area (TPSA) is 12.0 Å². The molecule has 0 aliphatic carbocycles. The number of benzene rings is 2. The minimum absolute atomic E-state index is 0.345. The molecular weight excluding hydrogens is 322 g/mol. The van der Waals surface area contributed by atoms with Crippen LogP contribution in [-0.4, -0.2) is 6.54 Å². The number of hydrogen-bond donors (Lipinski definition) is 1. The van der Waals surface area contributed by atoms with E-state index in [1.807, 2.05) is 0 Å². The zero-order valence-electron chi connectivity index (χ0n) is 13.1. The molecule has 0 heterocycles. The maximum absolute atomic E-state index is 3.71. The molecule has 2 aromatic carbocycles. The number of rotatable bonds is 6. The van der Waals surface area contributed by atoms with Crippen LogP contribution >= 0.6 is 15.9 Å². The zero-order valence-corrected chi connectivity index (χ0v) is 14.7. The van der Waals surface area contributed by atoms with Gasteiger partial charge in [-0.2, -0.15) is 0 Å². The third kappa shape index (κ3) is 4.42. The number of halogens is 1. The molecule has 1 atom stereocenters. The van der Waals surface area contributed by atoms with Crippen molar-refractivity contribution in [3.8, 4) is 0 Å². The second kappa shape index (κ2) is 7.77. The van der Waals surface area contributed by atoms with Crippen molar-refractivity contribution in [3.63, 3.8) is 0 Å². The molecule has 0 spiro atoms. The summed E-state index contributed by atoms with van der Waals surface area (Å²) in [7, 11) is 0. The predicted octanol–water partition coefficient (Wildman–Crippen LogP) is 5.21. The van der Waals surface area contributed by atoms with Gasteiger partial charge in [-0.05, 0) is 54.6 Å². The van der Waals surface area contributed by atoms with E-state index in [2.05, 4.69) is 84.5 Å². The summed E-state index contributed by atoms with van der Waals surface area (Å²) < 4.78 is 1.19. The van der Waals surface area contributed by atoms with E-state index in [-0.39, 0.29) is 0 Å². The summed E-state index contributed by atoms with van der Waals surface area (Å²) in [6, 6.07) is 15.9. The third-order valence-electron chi connectivity index (χ3n) is 3.85. The highest BCUT2D eigenvalue weighted by Gasteiger charge is 2.14. The molecular formula is C19H24BrN. The molecule has 0 amide bonds. The molecule has 1 N–H and O–H groups in total. The first-order chi connectivity index (χ1) is 10.1. The van der Waals surface area contributed by atoms with Gasteiger partial charge in [0.2, 0.25) is 0 Å². The van der Waals surface area contributed by atoms with Crippen LogP contribution in [-0.2, 0) is 12.8 Å². The van der Waals surface area contributed by atoms with Gasteiger partial charge in [0.05, 0.1) is 0 Å². The normalized spacial score (nSPS) is 12.4. The SMILES string of the molecule is CCNC(Cc1ccc(CC)cc1)c1ccc(C)cc1Br. The van der Waals surface area contributed by atoms with Crippen molar-refractivity contribution in [2.45, 2.75) is 39.7 Å². The molecule has 0 aliphatic heterocycles. The van der Waals surface area contributed by atoms with E-state index in [0.29, 0.717) is 6.04 Å². The first kappa shape index (κ1) is 16.3. The molecule has 0 radical (unpaired) electrons. The molecule has 0 fully saturated rings. The maximum atomic E-state index is 3.71. The van der Waals surface area contributed by atoms with Gasteiger partial charge in [-0.25, -0.2) is 0 Å². The zero-order chi connectivity index (χ0) is 15.2. The van der Waals surface area contributed by atoms with Crippen LogP contribution < -0.4 is 5.32 Å². The molecule has 2 rings (SSSR count). The maximum Gasteiger partial charge on any atom is 0.0372 e. The molecule has 0 aliphatic rings. The van der Waals surface area contributed by atoms with Crippen LogP contribution in [0, 0.1) is 6.92 Å². The molecule has 0 aromatic heterocycles. The van der Waals surface area contributed by atoms with Gasteiger partial charge in [0, 0.05) is 10.5 Å². The number of hydrogen-bond acceptors (Lipinski definition) is 1. The fourth-order valence-electron chi connectivity index (χ4n) is 2.60. The van der Waals surface area contributed by atoms with Crippen LogP contribution in [0.5, 0.6) is 0 Å². The molecule has 2 aromatic rings. The summed E-state index contributed by atoms with van der Waals surface area (Å²) in [5.74, 6) is 0. The number of likely N-dealkylation sites (N-methyl/N-ethyl adjacent to an activating group) is 1. The van der Waals surface area contributed by atoms with E-state index in [4.69, 9.17) is 0 Å². The Morgan fingerprint density at radius 3 is 2.24 bits per heavy atom. The molecule has 21 heavy (non-hydrogen) atoms. The lowest BCUT2D eigenvalue weighted by Crippen LogP contribution is -2.23. The molecule has 112 valence electrons. The lowest BCUT2D eigenvalue weighted by molar-refractivity contribution is 0.548. The van der Waals surface area contributed by atoms with Crippen molar-refractivity contribution in [2.24, 2.45) is 0 Å². The van der Waals surface area contributed by atoms with Crippen molar-refractivity contribution in [1.29, 1.82) is 0 Å². The molecule has 1 unspecified atom stereocenters. The Balaban J connectivity index is 2.21. The molecule has 0 saturated carbocycles. The van der Waals surface area contributed by atoms with Gasteiger partial charge in [-0.15, -0.1) is 0 Å². The highest BCUT2D eigenvalue weighted by molar-refractivity contribution is 9.10. The highest BCUT2D eigenvalue weighted by Crippen LogP contribution is 2.27. The van der Waals surface area contributed by atoms with Gasteiger partial charge in [0.1, 0.15) is 0 Å². The summed E-state index contributed by atoms with van der Waals surface area (Å²) in [5.41, 5.74) is 5.40. The minimum Gasteiger partial charge on any atom is -0.310 e. The van der Waals surface area contributed by atoms with Gasteiger partial charge in [-0.3, -0.25) is 0 Å². The van der Waals surface area contributed by atoms with E-state index in [1.165, 1.54) is 26.7 Å². The standard InChI is InChI=1S/C19H24BrN/c1-4-15-7-9-16(10-8-15)13-19(21-5-2)17-11-6-14(3)12-18(17)20/h6-12,19,21H,4-5,13H2,1-3H3. The van der Waals surface area contributed by atoms with Crippen molar-refractivity contribution in [2.75, 3.05) is 6.54 Å². The summed E-state index contributed by atoms with van der Waals surface area (Å²) >= 11 is 3.71. The lowest BCUT2D eigenvalue weighted by Gasteiger charge is -2.20. The summed E-state index contributed by atoms with van der Waals surface area (Å²) in [4.78, 5) is 0. The Morgan fingerprint density at radius 2 is 1.67 bits per heavy atom. The lowest BCUT2D eigenvalue weighted by atomic mass is 9.97. The van der Waals surface area contributed by atoms with Crippen LogP contribution in [0.15, 0.2) is 46.9 Å². The van der Waals surface area contributed by atoms with E-state index >= 15 is 0 Å². The average molecular weight is 346 g/mol. The molecule has 0 bridgehead atoms. The van der Waals surface area contributed by atoms with E-state index in [0.717, 1.165) is 19.4 Å². The van der Waals surface area contributed by atoms with Gasteiger partial charge in [-0.1, -0.05) is 66.2 Å². The Hall–Kier alpha value is -1.12. The Bertz CT molecular complexity index is 575. The largest absolute Gasteiger partial charge is 0.310 e. The average Bonchev–Trinajstić information content (AvgIpc) is 2.48. The van der Waals surface area contributed by atoms with Gasteiger partial charge < -0.3 is 5.32 Å². The van der Waals surface area contributed by atoms with Crippen LogP contribution in [0.3, 0.4) is 0 Å². The van der Waals surface area contributed by atoms with Crippen molar-refractivity contribution >= 4 is 15.9 Å². The first-order valence-electron chi connectivity index (χ1n) is 7.71. The summed E-state index contributed by atoms with van der Waals surface area (Å²) in [6.07, 6.45) is 2.11. The van der Waals surface area contributed by atoms with Crippen molar-refractivity contribution in [1.82, 2.24) is 5.32 Å². The van der Waals surface area contributed by atoms with Crippen molar-refractivity contribution < 1.29 is 0 Å². The molecule has 1 nitrogen and oxygen atoms in total. The first-order valence-corrected chi connectivity index (χ1v) is 8.50. The smallest absolute Gasteiger partial charge is 0.0372 e. The second-order valence-corrected chi connectivity index (χ2v) is 6.36. The summed E-state index contributed by atoms with van der Waals surface area (Å²) in [6.45, 7) is 7.45. The fraction of sp³-hybridized carbons (Fsp3) is 0.368. The monoisotopic (exact) mass is 345 g/mol. The van der Waals surface area contributed by atoms with Crippen LogP contribution in [0.2, 0.25) is 0 Å². The number of aryl methyl sites for hydroxylation is 2. The van der Waals surface area contributed by atoms with Crippen molar-refractivity contribution in [3.05, 3.63) is 69.2 Å². The Morgan fingerprint density at radius 1 is 1.00 bits per heavy atom.